The third kappa shape index (κ3) is 1.37. The standard InChI is InChI=1S/C7H10O3/c1-8-7(9-2)6-4-3-5-10-6/h3-5,7H,1-2H3. The zero-order valence-electron chi connectivity index (χ0n) is 6.03. The van der Waals surface area contributed by atoms with Crippen LogP contribution in [0.15, 0.2) is 22.8 Å². The molecule has 1 aromatic rings. The summed E-state index contributed by atoms with van der Waals surface area (Å²) >= 11 is 0. The van der Waals surface area contributed by atoms with Gasteiger partial charge in [0.1, 0.15) is 0 Å². The van der Waals surface area contributed by atoms with Gasteiger partial charge in [-0.3, -0.25) is 0 Å². The second-order valence-electron chi connectivity index (χ2n) is 1.82. The Morgan fingerprint density at radius 2 is 2.10 bits per heavy atom. The zero-order chi connectivity index (χ0) is 7.40. The van der Waals surface area contributed by atoms with Crippen LogP contribution < -0.4 is 0 Å². The SMILES string of the molecule is COC(OC)c1ccco1. The second-order valence-corrected chi connectivity index (χ2v) is 1.82. The quantitative estimate of drug-likeness (QED) is 0.600. The highest BCUT2D eigenvalue weighted by molar-refractivity contribution is 4.99. The Balaban J connectivity index is 2.64. The van der Waals surface area contributed by atoms with Gasteiger partial charge in [0.05, 0.1) is 6.26 Å². The van der Waals surface area contributed by atoms with E-state index in [-0.39, 0.29) is 6.29 Å². The summed E-state index contributed by atoms with van der Waals surface area (Å²) in [7, 11) is 3.13. The molecule has 0 fully saturated rings. The third-order valence-electron chi connectivity index (χ3n) is 1.20. The van der Waals surface area contributed by atoms with Gasteiger partial charge in [0.15, 0.2) is 5.76 Å². The Hall–Kier alpha value is -0.800. The molecule has 0 bridgehead atoms. The van der Waals surface area contributed by atoms with Gasteiger partial charge in [-0.2, -0.15) is 0 Å². The van der Waals surface area contributed by atoms with Crippen molar-refractivity contribution >= 4 is 0 Å². The highest BCUT2D eigenvalue weighted by Gasteiger charge is 2.09. The molecule has 0 saturated carbocycles. The molecule has 1 aromatic heterocycles. The van der Waals surface area contributed by atoms with Gasteiger partial charge in [0.25, 0.3) is 0 Å². The lowest BCUT2D eigenvalue weighted by molar-refractivity contribution is -0.117. The van der Waals surface area contributed by atoms with Crippen LogP contribution in [0.25, 0.3) is 0 Å². The second kappa shape index (κ2) is 3.39. The van der Waals surface area contributed by atoms with E-state index in [0.717, 1.165) is 0 Å². The van der Waals surface area contributed by atoms with Crippen molar-refractivity contribution < 1.29 is 13.9 Å². The summed E-state index contributed by atoms with van der Waals surface area (Å²) in [5.74, 6) is 0.685. The molecule has 0 amide bonds. The highest BCUT2D eigenvalue weighted by atomic mass is 16.7. The van der Waals surface area contributed by atoms with Gasteiger partial charge in [-0.15, -0.1) is 0 Å². The van der Waals surface area contributed by atoms with Gasteiger partial charge in [0, 0.05) is 14.2 Å². The van der Waals surface area contributed by atoms with Crippen LogP contribution in [-0.2, 0) is 9.47 Å². The predicted octanol–water partition coefficient (Wildman–Crippen LogP) is 1.57. The number of furan rings is 1. The minimum Gasteiger partial charge on any atom is -0.464 e. The Bertz CT molecular complexity index is 165. The lowest BCUT2D eigenvalue weighted by Gasteiger charge is -2.08. The molecule has 56 valence electrons. The molecule has 0 aromatic carbocycles. The number of hydrogen-bond donors (Lipinski definition) is 0. The van der Waals surface area contributed by atoms with E-state index in [2.05, 4.69) is 0 Å². The van der Waals surface area contributed by atoms with Crippen LogP contribution in [0.3, 0.4) is 0 Å². The Labute approximate surface area is 59.5 Å². The fraction of sp³-hybridized carbons (Fsp3) is 0.429. The molecule has 0 saturated heterocycles. The summed E-state index contributed by atoms with van der Waals surface area (Å²) < 4.78 is 14.9. The summed E-state index contributed by atoms with van der Waals surface area (Å²) in [6.07, 6.45) is 1.20. The number of methoxy groups -OCH3 is 2. The summed E-state index contributed by atoms with van der Waals surface area (Å²) in [5, 5.41) is 0. The Morgan fingerprint density at radius 3 is 2.50 bits per heavy atom. The smallest absolute Gasteiger partial charge is 0.216 e. The summed E-state index contributed by atoms with van der Waals surface area (Å²) in [5.41, 5.74) is 0. The molecule has 0 aliphatic carbocycles. The summed E-state index contributed by atoms with van der Waals surface area (Å²) in [6, 6.07) is 3.60. The van der Waals surface area contributed by atoms with Gasteiger partial charge >= 0.3 is 0 Å². The van der Waals surface area contributed by atoms with Gasteiger partial charge in [-0.25, -0.2) is 0 Å². The summed E-state index contributed by atoms with van der Waals surface area (Å²) in [4.78, 5) is 0. The predicted molar refractivity (Wildman–Crippen MR) is 35.5 cm³/mol. The van der Waals surface area contributed by atoms with E-state index < -0.39 is 0 Å². The molecule has 3 heteroatoms. The van der Waals surface area contributed by atoms with Gasteiger partial charge in [-0.05, 0) is 12.1 Å². The maximum absolute atomic E-state index is 5.03. The molecule has 0 spiro atoms. The van der Waals surface area contributed by atoms with E-state index >= 15 is 0 Å². The van der Waals surface area contributed by atoms with Gasteiger partial charge in [0.2, 0.25) is 6.29 Å². The normalized spacial score (nSPS) is 10.7. The summed E-state index contributed by atoms with van der Waals surface area (Å²) in [6.45, 7) is 0. The molecule has 1 heterocycles. The van der Waals surface area contributed by atoms with Crippen LogP contribution >= 0.6 is 0 Å². The topological polar surface area (TPSA) is 31.6 Å². The molecule has 1 rings (SSSR count). The van der Waals surface area contributed by atoms with Crippen LogP contribution in [0.5, 0.6) is 0 Å². The average Bonchev–Trinajstić information content (AvgIpc) is 2.43. The molecule has 0 aliphatic heterocycles. The number of ether oxygens (including phenoxy) is 2. The van der Waals surface area contributed by atoms with Gasteiger partial charge < -0.3 is 13.9 Å². The third-order valence-corrected chi connectivity index (χ3v) is 1.20. The van der Waals surface area contributed by atoms with Crippen molar-refractivity contribution in [1.29, 1.82) is 0 Å². The van der Waals surface area contributed by atoms with E-state index in [1.165, 1.54) is 0 Å². The largest absolute Gasteiger partial charge is 0.464 e. The lowest BCUT2D eigenvalue weighted by atomic mass is 10.4. The molecular weight excluding hydrogens is 132 g/mol. The molecule has 0 atom stereocenters. The molecule has 10 heavy (non-hydrogen) atoms. The Morgan fingerprint density at radius 1 is 1.40 bits per heavy atom. The van der Waals surface area contributed by atoms with Crippen molar-refractivity contribution in [2.45, 2.75) is 6.29 Å². The van der Waals surface area contributed by atoms with Crippen LogP contribution in [0.1, 0.15) is 12.1 Å². The maximum Gasteiger partial charge on any atom is 0.216 e. The van der Waals surface area contributed by atoms with Gasteiger partial charge in [-0.1, -0.05) is 0 Å². The van der Waals surface area contributed by atoms with Crippen molar-refractivity contribution in [2.75, 3.05) is 14.2 Å². The van der Waals surface area contributed by atoms with Crippen LogP contribution in [-0.4, -0.2) is 14.2 Å². The molecule has 0 radical (unpaired) electrons. The van der Waals surface area contributed by atoms with Crippen molar-refractivity contribution in [1.82, 2.24) is 0 Å². The van der Waals surface area contributed by atoms with Crippen molar-refractivity contribution in [3.05, 3.63) is 24.2 Å². The minimum atomic E-state index is -0.380. The molecule has 3 nitrogen and oxygen atoms in total. The number of hydrogen-bond acceptors (Lipinski definition) is 3. The fourth-order valence-electron chi connectivity index (χ4n) is 0.754. The highest BCUT2D eigenvalue weighted by Crippen LogP contribution is 2.16. The van der Waals surface area contributed by atoms with E-state index in [9.17, 15) is 0 Å². The van der Waals surface area contributed by atoms with Crippen LogP contribution in [0.4, 0.5) is 0 Å². The molecular formula is C7H10O3. The molecule has 0 unspecified atom stereocenters. The van der Waals surface area contributed by atoms with Crippen LogP contribution in [0.2, 0.25) is 0 Å². The monoisotopic (exact) mass is 142 g/mol. The molecule has 0 N–H and O–H groups in total. The first kappa shape index (κ1) is 7.31. The lowest BCUT2D eigenvalue weighted by Crippen LogP contribution is -2.01. The maximum atomic E-state index is 5.03. The van der Waals surface area contributed by atoms with Crippen molar-refractivity contribution in [3.8, 4) is 0 Å². The first-order valence-electron chi connectivity index (χ1n) is 2.97. The number of rotatable bonds is 3. The molecule has 0 aliphatic rings. The van der Waals surface area contributed by atoms with E-state index in [0.29, 0.717) is 5.76 Å². The first-order chi connectivity index (χ1) is 4.88. The van der Waals surface area contributed by atoms with Crippen molar-refractivity contribution in [3.63, 3.8) is 0 Å². The zero-order valence-corrected chi connectivity index (χ0v) is 6.03. The van der Waals surface area contributed by atoms with Crippen molar-refractivity contribution in [2.24, 2.45) is 0 Å². The minimum absolute atomic E-state index is 0.380. The first-order valence-corrected chi connectivity index (χ1v) is 2.97. The van der Waals surface area contributed by atoms with E-state index in [1.54, 1.807) is 32.6 Å². The fourth-order valence-corrected chi connectivity index (χ4v) is 0.754. The Kier molecular flexibility index (Phi) is 2.48. The van der Waals surface area contributed by atoms with E-state index in [4.69, 9.17) is 13.9 Å². The van der Waals surface area contributed by atoms with Crippen LogP contribution in [0, 0.1) is 0 Å². The average molecular weight is 142 g/mol. The van der Waals surface area contributed by atoms with E-state index in [1.807, 2.05) is 0 Å².